The van der Waals surface area contributed by atoms with E-state index in [0.29, 0.717) is 19.1 Å². The van der Waals surface area contributed by atoms with Crippen LogP contribution >= 0.6 is 0 Å². The van der Waals surface area contributed by atoms with E-state index in [1.54, 1.807) is 6.08 Å². The van der Waals surface area contributed by atoms with Crippen molar-refractivity contribution in [3.8, 4) is 0 Å². The van der Waals surface area contributed by atoms with E-state index in [-0.39, 0.29) is 12.2 Å². The maximum Gasteiger partial charge on any atom is 0.176 e. The van der Waals surface area contributed by atoms with Crippen LogP contribution in [-0.2, 0) is 9.47 Å². The standard InChI is InChI=1S/C10H16O2/c1-4-8(3)9-6-11-10(5-2)12-7-9/h3,5,8-10H,2,4,6-7H2,1H3. The van der Waals surface area contributed by atoms with Crippen molar-refractivity contribution >= 4 is 0 Å². The highest BCUT2D eigenvalue weighted by Crippen LogP contribution is 2.21. The van der Waals surface area contributed by atoms with Gasteiger partial charge in [-0.15, -0.1) is 0 Å². The van der Waals surface area contributed by atoms with Crippen LogP contribution in [0.15, 0.2) is 12.7 Å². The van der Waals surface area contributed by atoms with Gasteiger partial charge in [-0.1, -0.05) is 19.9 Å². The molecular weight excluding hydrogens is 152 g/mol. The van der Waals surface area contributed by atoms with Crippen molar-refractivity contribution in [2.45, 2.75) is 19.6 Å². The third-order valence-electron chi connectivity index (χ3n) is 2.22. The molecule has 2 nitrogen and oxygen atoms in total. The molecule has 1 aliphatic rings. The van der Waals surface area contributed by atoms with Gasteiger partial charge < -0.3 is 9.47 Å². The van der Waals surface area contributed by atoms with Crippen molar-refractivity contribution < 1.29 is 9.47 Å². The number of hydrogen-bond acceptors (Lipinski definition) is 2. The van der Waals surface area contributed by atoms with E-state index < -0.39 is 0 Å². The normalized spacial score (nSPS) is 32.8. The first-order valence-electron chi connectivity index (χ1n) is 4.39. The minimum absolute atomic E-state index is 0.191. The molecule has 1 fully saturated rings. The van der Waals surface area contributed by atoms with Crippen LogP contribution in [0.2, 0.25) is 0 Å². The molecule has 0 saturated carbocycles. The Morgan fingerprint density at radius 2 is 2.17 bits per heavy atom. The predicted molar refractivity (Wildman–Crippen MR) is 47.5 cm³/mol. The molecule has 0 N–H and O–H groups in total. The molecule has 0 aromatic rings. The molecule has 1 rings (SSSR count). The molecule has 1 aliphatic heterocycles. The molecular formula is C10H16O2. The molecule has 0 spiro atoms. The van der Waals surface area contributed by atoms with Crippen molar-refractivity contribution in [1.29, 1.82) is 0 Å². The zero-order valence-electron chi connectivity index (χ0n) is 7.53. The minimum atomic E-state index is -0.231. The van der Waals surface area contributed by atoms with E-state index in [9.17, 15) is 0 Å². The second kappa shape index (κ2) is 4.63. The average molecular weight is 168 g/mol. The summed E-state index contributed by atoms with van der Waals surface area (Å²) >= 11 is 0. The Kier molecular flexibility index (Phi) is 3.76. The molecule has 1 heterocycles. The predicted octanol–water partition coefficient (Wildman–Crippen LogP) is 1.90. The van der Waals surface area contributed by atoms with Crippen LogP contribution in [0.5, 0.6) is 0 Å². The molecule has 12 heavy (non-hydrogen) atoms. The lowest BCUT2D eigenvalue weighted by Gasteiger charge is -2.30. The van der Waals surface area contributed by atoms with Gasteiger partial charge in [-0.25, -0.2) is 0 Å². The first-order valence-corrected chi connectivity index (χ1v) is 4.39. The lowest BCUT2D eigenvalue weighted by molar-refractivity contribution is -0.180. The van der Waals surface area contributed by atoms with E-state index in [4.69, 9.17) is 16.4 Å². The van der Waals surface area contributed by atoms with Crippen LogP contribution in [0.3, 0.4) is 0 Å². The summed E-state index contributed by atoms with van der Waals surface area (Å²) < 4.78 is 10.7. The van der Waals surface area contributed by atoms with Crippen molar-refractivity contribution in [2.75, 3.05) is 13.2 Å². The van der Waals surface area contributed by atoms with Gasteiger partial charge in [-0.05, 0) is 18.9 Å². The zero-order valence-corrected chi connectivity index (χ0v) is 7.53. The number of rotatable bonds is 3. The van der Waals surface area contributed by atoms with Crippen LogP contribution in [0.4, 0.5) is 0 Å². The summed E-state index contributed by atoms with van der Waals surface area (Å²) in [7, 11) is 0. The van der Waals surface area contributed by atoms with Gasteiger partial charge in [-0.2, -0.15) is 0 Å². The third-order valence-corrected chi connectivity index (χ3v) is 2.22. The Labute approximate surface area is 74.6 Å². The number of hydrogen-bond donors (Lipinski definition) is 0. The van der Waals surface area contributed by atoms with E-state index in [1.807, 2.05) is 0 Å². The monoisotopic (exact) mass is 168 g/mol. The zero-order chi connectivity index (χ0) is 8.97. The first-order chi connectivity index (χ1) is 5.77. The maximum absolute atomic E-state index is 5.85. The Bertz CT molecular complexity index is 137. The second-order valence-electron chi connectivity index (χ2n) is 3.10. The van der Waals surface area contributed by atoms with Gasteiger partial charge in [0, 0.05) is 5.92 Å². The summed E-state index contributed by atoms with van der Waals surface area (Å²) in [6.45, 7) is 12.9. The summed E-state index contributed by atoms with van der Waals surface area (Å²) in [5.41, 5.74) is 0. The third kappa shape index (κ3) is 2.32. The molecule has 0 aromatic carbocycles. The molecule has 1 atom stereocenters. The van der Waals surface area contributed by atoms with Crippen molar-refractivity contribution in [1.82, 2.24) is 0 Å². The van der Waals surface area contributed by atoms with E-state index in [1.165, 1.54) is 0 Å². The lowest BCUT2D eigenvalue weighted by atomic mass is 9.93. The fourth-order valence-electron chi connectivity index (χ4n) is 1.25. The molecule has 2 heteroatoms. The first kappa shape index (κ1) is 9.75. The molecule has 68 valence electrons. The van der Waals surface area contributed by atoms with Crippen LogP contribution in [-0.4, -0.2) is 19.5 Å². The van der Waals surface area contributed by atoms with E-state index >= 15 is 0 Å². The number of ether oxygens (including phenoxy) is 2. The minimum Gasteiger partial charge on any atom is -0.349 e. The Hall–Kier alpha value is -0.340. The largest absolute Gasteiger partial charge is 0.349 e. The van der Waals surface area contributed by atoms with Crippen LogP contribution in [0, 0.1) is 18.8 Å². The fourth-order valence-corrected chi connectivity index (χ4v) is 1.25. The van der Waals surface area contributed by atoms with Crippen molar-refractivity contribution in [3.05, 3.63) is 19.6 Å². The van der Waals surface area contributed by atoms with Crippen molar-refractivity contribution in [3.63, 3.8) is 0 Å². The Morgan fingerprint density at radius 1 is 1.58 bits per heavy atom. The quantitative estimate of drug-likeness (QED) is 0.599. The summed E-state index contributed by atoms with van der Waals surface area (Å²) in [6, 6.07) is 0. The highest BCUT2D eigenvalue weighted by Gasteiger charge is 2.23. The Balaban J connectivity index is 2.30. The molecule has 2 radical (unpaired) electrons. The van der Waals surface area contributed by atoms with Crippen LogP contribution in [0.25, 0.3) is 0 Å². The van der Waals surface area contributed by atoms with Crippen molar-refractivity contribution in [2.24, 2.45) is 11.8 Å². The van der Waals surface area contributed by atoms with Gasteiger partial charge in [0.1, 0.15) is 0 Å². The highest BCUT2D eigenvalue weighted by molar-refractivity contribution is 4.79. The van der Waals surface area contributed by atoms with E-state index in [2.05, 4.69) is 13.5 Å². The smallest absolute Gasteiger partial charge is 0.176 e. The van der Waals surface area contributed by atoms with Gasteiger partial charge in [0.05, 0.1) is 13.2 Å². The SMILES string of the molecule is [CH]C(CC)C1COC(C=C)OC1. The molecule has 1 saturated heterocycles. The molecule has 0 amide bonds. The van der Waals surface area contributed by atoms with Gasteiger partial charge in [-0.3, -0.25) is 0 Å². The molecule has 0 aliphatic carbocycles. The van der Waals surface area contributed by atoms with Gasteiger partial charge in [0.25, 0.3) is 0 Å². The summed E-state index contributed by atoms with van der Waals surface area (Å²) in [5, 5.41) is 0. The van der Waals surface area contributed by atoms with Gasteiger partial charge >= 0.3 is 0 Å². The average Bonchev–Trinajstić information content (AvgIpc) is 2.17. The molecule has 0 bridgehead atoms. The summed E-state index contributed by atoms with van der Waals surface area (Å²) in [6.07, 6.45) is 2.40. The van der Waals surface area contributed by atoms with Crippen LogP contribution in [0.1, 0.15) is 13.3 Å². The second-order valence-corrected chi connectivity index (χ2v) is 3.10. The summed E-state index contributed by atoms with van der Waals surface area (Å²) in [4.78, 5) is 0. The van der Waals surface area contributed by atoms with E-state index in [0.717, 1.165) is 6.42 Å². The highest BCUT2D eigenvalue weighted by atomic mass is 16.7. The summed E-state index contributed by atoms with van der Waals surface area (Å²) in [5.74, 6) is 0.530. The maximum atomic E-state index is 5.85. The Morgan fingerprint density at radius 3 is 2.58 bits per heavy atom. The topological polar surface area (TPSA) is 18.5 Å². The molecule has 1 unspecified atom stereocenters. The molecule has 0 aromatic heterocycles. The van der Waals surface area contributed by atoms with Gasteiger partial charge in [0.15, 0.2) is 6.29 Å². The van der Waals surface area contributed by atoms with Gasteiger partial charge in [0.2, 0.25) is 0 Å². The lowest BCUT2D eigenvalue weighted by Crippen LogP contribution is -2.34. The van der Waals surface area contributed by atoms with Crippen LogP contribution < -0.4 is 0 Å². The fraction of sp³-hybridized carbons (Fsp3) is 0.700.